The number of carbonyl (C=O) groups excluding carboxylic acids is 3. The van der Waals surface area contributed by atoms with Crippen LogP contribution in [0.15, 0.2) is 25.3 Å². The Labute approximate surface area is 234 Å². The molecule has 3 rings (SSSR count). The number of aliphatic hydroxyl groups is 1. The fraction of sp³-hybridized carbons (Fsp3) is 0.767. The second kappa shape index (κ2) is 13.0. The van der Waals surface area contributed by atoms with Crippen molar-refractivity contribution in [1.82, 2.24) is 14.7 Å². The van der Waals surface area contributed by atoms with E-state index in [2.05, 4.69) is 27.0 Å². The van der Waals surface area contributed by atoms with E-state index in [0.717, 1.165) is 32.1 Å². The molecule has 3 saturated heterocycles. The van der Waals surface area contributed by atoms with Crippen molar-refractivity contribution in [2.24, 2.45) is 23.7 Å². The minimum absolute atomic E-state index is 0.000382. The Morgan fingerprint density at radius 1 is 1.11 bits per heavy atom. The van der Waals surface area contributed by atoms with Crippen LogP contribution >= 0.6 is 11.8 Å². The van der Waals surface area contributed by atoms with Gasteiger partial charge in [0.05, 0.1) is 29.2 Å². The van der Waals surface area contributed by atoms with E-state index in [9.17, 15) is 19.5 Å². The van der Waals surface area contributed by atoms with Crippen molar-refractivity contribution in [2.45, 2.75) is 88.8 Å². The van der Waals surface area contributed by atoms with Crippen LogP contribution in [0.2, 0.25) is 0 Å². The minimum Gasteiger partial charge on any atom is -0.394 e. The molecule has 0 saturated carbocycles. The molecule has 38 heavy (non-hydrogen) atoms. The van der Waals surface area contributed by atoms with E-state index < -0.39 is 28.7 Å². The topological polar surface area (TPSA) is 81.2 Å². The molecule has 3 aliphatic rings. The lowest BCUT2D eigenvalue weighted by Gasteiger charge is -2.43. The van der Waals surface area contributed by atoms with Crippen molar-refractivity contribution >= 4 is 29.5 Å². The highest BCUT2D eigenvalue weighted by molar-refractivity contribution is 8.02. The van der Waals surface area contributed by atoms with Crippen LogP contribution in [0.25, 0.3) is 0 Å². The Morgan fingerprint density at radius 2 is 1.74 bits per heavy atom. The maximum absolute atomic E-state index is 14.5. The van der Waals surface area contributed by atoms with Gasteiger partial charge in [0, 0.05) is 31.4 Å². The third kappa shape index (κ3) is 5.19. The summed E-state index contributed by atoms with van der Waals surface area (Å²) in [4.78, 5) is 48.3. The van der Waals surface area contributed by atoms with Crippen LogP contribution in [0.5, 0.6) is 0 Å². The van der Waals surface area contributed by atoms with Gasteiger partial charge in [0.15, 0.2) is 0 Å². The van der Waals surface area contributed by atoms with Crippen molar-refractivity contribution in [3.63, 3.8) is 0 Å². The molecule has 214 valence electrons. The first-order valence-electron chi connectivity index (χ1n) is 14.6. The molecule has 1 spiro atoms. The highest BCUT2D eigenvalue weighted by Gasteiger charge is 2.77. The summed E-state index contributed by atoms with van der Waals surface area (Å²) in [5, 5.41) is 10.5. The van der Waals surface area contributed by atoms with Crippen LogP contribution in [0, 0.1) is 23.7 Å². The highest BCUT2D eigenvalue weighted by atomic mass is 32.2. The average molecular weight is 548 g/mol. The van der Waals surface area contributed by atoms with Gasteiger partial charge in [-0.15, -0.1) is 24.9 Å². The first-order chi connectivity index (χ1) is 18.2. The number of aliphatic hydroxyl groups excluding tert-OH is 1. The van der Waals surface area contributed by atoms with Gasteiger partial charge in [-0.2, -0.15) is 0 Å². The van der Waals surface area contributed by atoms with E-state index in [1.165, 1.54) is 0 Å². The molecule has 7 atom stereocenters. The summed E-state index contributed by atoms with van der Waals surface area (Å²) >= 11 is 1.70. The number of amides is 3. The summed E-state index contributed by atoms with van der Waals surface area (Å²) in [6, 6.07) is -1.19. The lowest BCUT2D eigenvalue weighted by atomic mass is 9.65. The van der Waals surface area contributed by atoms with Gasteiger partial charge in [-0.3, -0.25) is 14.4 Å². The molecule has 7 nitrogen and oxygen atoms in total. The summed E-state index contributed by atoms with van der Waals surface area (Å²) < 4.78 is -0.683. The largest absolute Gasteiger partial charge is 0.394 e. The number of rotatable bonds is 15. The summed E-state index contributed by atoms with van der Waals surface area (Å²) in [5.41, 5.74) is 0. The van der Waals surface area contributed by atoms with Crippen LogP contribution in [0.1, 0.15) is 66.7 Å². The number of hydrogen-bond donors (Lipinski definition) is 1. The van der Waals surface area contributed by atoms with Crippen molar-refractivity contribution in [1.29, 1.82) is 0 Å². The predicted octanol–water partition coefficient (Wildman–Crippen LogP) is 3.97. The predicted molar refractivity (Wildman–Crippen MR) is 155 cm³/mol. The Kier molecular flexibility index (Phi) is 10.5. The molecule has 3 unspecified atom stereocenters. The number of nitrogens with zero attached hydrogens (tertiary/aromatic N) is 3. The van der Waals surface area contributed by atoms with Gasteiger partial charge in [0.25, 0.3) is 0 Å². The summed E-state index contributed by atoms with van der Waals surface area (Å²) in [6.45, 7) is 19.9. The molecule has 3 aliphatic heterocycles. The fourth-order valence-electron chi connectivity index (χ4n) is 7.10. The first-order valence-corrected chi connectivity index (χ1v) is 15.4. The van der Waals surface area contributed by atoms with E-state index in [-0.39, 0.29) is 41.4 Å². The van der Waals surface area contributed by atoms with E-state index in [0.29, 0.717) is 26.2 Å². The summed E-state index contributed by atoms with van der Waals surface area (Å²) in [6.07, 6.45) is 8.08. The molecule has 0 aliphatic carbocycles. The second-order valence-electron chi connectivity index (χ2n) is 11.6. The molecule has 8 heteroatoms. The number of fused-ring (bicyclic) bond motifs is 1. The normalized spacial score (nSPS) is 30.4. The Hall–Kier alpha value is -1.80. The molecule has 0 aromatic heterocycles. The molecule has 3 fully saturated rings. The van der Waals surface area contributed by atoms with Gasteiger partial charge < -0.3 is 19.8 Å². The first kappa shape index (κ1) is 30.7. The van der Waals surface area contributed by atoms with Crippen LogP contribution < -0.4 is 0 Å². The minimum atomic E-state index is -0.706. The standard InChI is InChI=1S/C30H49N3O4S/c1-8-12-13-17-32(16-11-4)29(37)26-30-21(7)18-23(38-30)24(27(35)31(14-9-2)15-10-3)25(30)28(36)33(26)22(19-34)20(5)6/h9,11,20-26,34H,2,4,8,10,12-19H2,1,3,5-7H3/t21?,22-,23+,24-,25-,26?,30?/m0/s1. The maximum Gasteiger partial charge on any atom is 0.247 e. The molecule has 2 bridgehead atoms. The van der Waals surface area contributed by atoms with Gasteiger partial charge in [0.2, 0.25) is 17.7 Å². The van der Waals surface area contributed by atoms with Crippen molar-refractivity contribution < 1.29 is 19.5 Å². The quantitative estimate of drug-likeness (QED) is 0.248. The number of hydrogen-bond acceptors (Lipinski definition) is 5. The van der Waals surface area contributed by atoms with Gasteiger partial charge in [0.1, 0.15) is 6.04 Å². The van der Waals surface area contributed by atoms with Crippen molar-refractivity contribution in [3.05, 3.63) is 25.3 Å². The number of likely N-dealkylation sites (tertiary alicyclic amines) is 1. The Bertz CT molecular complexity index is 895. The molecule has 1 N–H and O–H groups in total. The number of carbonyl (C=O) groups is 3. The molecule has 3 heterocycles. The fourth-order valence-corrected chi connectivity index (χ4v) is 9.49. The molecule has 3 amide bonds. The van der Waals surface area contributed by atoms with Gasteiger partial charge in [-0.05, 0) is 31.1 Å². The summed E-state index contributed by atoms with van der Waals surface area (Å²) in [7, 11) is 0. The lowest BCUT2D eigenvalue weighted by molar-refractivity contribution is -0.148. The van der Waals surface area contributed by atoms with Gasteiger partial charge in [-0.25, -0.2) is 0 Å². The van der Waals surface area contributed by atoms with E-state index in [4.69, 9.17) is 0 Å². The second-order valence-corrected chi connectivity index (χ2v) is 13.2. The third-order valence-electron chi connectivity index (χ3n) is 8.86. The van der Waals surface area contributed by atoms with E-state index in [1.54, 1.807) is 28.8 Å². The number of unbranched alkanes of at least 4 members (excludes halogenated alkanes) is 2. The van der Waals surface area contributed by atoms with Gasteiger partial charge >= 0.3 is 0 Å². The van der Waals surface area contributed by atoms with Gasteiger partial charge in [-0.1, -0.05) is 59.6 Å². The lowest BCUT2D eigenvalue weighted by Crippen LogP contribution is -2.60. The average Bonchev–Trinajstić information content (AvgIpc) is 3.47. The van der Waals surface area contributed by atoms with Crippen LogP contribution in [-0.2, 0) is 14.4 Å². The summed E-state index contributed by atoms with van der Waals surface area (Å²) in [5.74, 6) is -1.18. The molecular weight excluding hydrogens is 498 g/mol. The maximum atomic E-state index is 14.5. The zero-order chi connectivity index (χ0) is 28.2. The van der Waals surface area contributed by atoms with E-state index in [1.807, 2.05) is 30.6 Å². The monoisotopic (exact) mass is 547 g/mol. The zero-order valence-corrected chi connectivity index (χ0v) is 24.9. The Morgan fingerprint density at radius 3 is 2.26 bits per heavy atom. The van der Waals surface area contributed by atoms with Crippen molar-refractivity contribution in [3.8, 4) is 0 Å². The van der Waals surface area contributed by atoms with E-state index >= 15 is 0 Å². The molecule has 0 aromatic rings. The Balaban J connectivity index is 2.11. The SMILES string of the molecule is C=CCN(CCCCC)C(=O)C1N([C@@H](CO)C(C)C)C(=O)[C@@H]2[C@@H](C(=O)N(CC=C)CCC)[C@H]3CC(C)C12S3. The van der Waals surface area contributed by atoms with Crippen LogP contribution in [0.4, 0.5) is 0 Å². The molecular formula is C30H49N3O4S. The smallest absolute Gasteiger partial charge is 0.247 e. The number of thioether (sulfide) groups is 1. The highest BCUT2D eigenvalue weighted by Crippen LogP contribution is 2.69. The zero-order valence-electron chi connectivity index (χ0n) is 24.1. The molecule has 0 aromatic carbocycles. The van der Waals surface area contributed by atoms with Crippen LogP contribution in [-0.4, -0.2) is 92.4 Å². The van der Waals surface area contributed by atoms with Crippen molar-refractivity contribution in [2.75, 3.05) is 32.8 Å². The van der Waals surface area contributed by atoms with Crippen LogP contribution in [0.3, 0.4) is 0 Å². The third-order valence-corrected chi connectivity index (χ3v) is 10.9. The molecule has 0 radical (unpaired) electrons.